The Morgan fingerprint density at radius 3 is 1.43 bits per heavy atom. The van der Waals surface area contributed by atoms with Crippen LogP contribution in [0.15, 0.2) is 170 Å². The summed E-state index contributed by atoms with van der Waals surface area (Å²) in [6.07, 6.45) is 0.930. The molecule has 54 heavy (non-hydrogen) atoms. The average Bonchev–Trinajstić information content (AvgIpc) is 3.23. The molecule has 0 spiro atoms. The van der Waals surface area contributed by atoms with Gasteiger partial charge in [0.15, 0.2) is 0 Å². The monoisotopic (exact) mass is 734 g/mol. The fourth-order valence-corrected chi connectivity index (χ4v) is 8.70. The van der Waals surface area contributed by atoms with Gasteiger partial charge in [0.1, 0.15) is 18.3 Å². The molecule has 1 aliphatic heterocycles. The molecule has 1 aliphatic rings. The Balaban J connectivity index is 1.24. The SMILES string of the molecule is CCc1ccc(Cc2cccc([C@@H]3S[C@H](COCc4ccccc4)[C@@H](OCc4ccccc4)[C@H](OCc4ccccc4)[C@H]3OCc3ccccc3)c2)cc1. The second-order valence-electron chi connectivity index (χ2n) is 14.0. The van der Waals surface area contributed by atoms with E-state index in [0.29, 0.717) is 33.0 Å². The van der Waals surface area contributed by atoms with Crippen molar-refractivity contribution in [2.45, 2.75) is 75.0 Å². The molecule has 0 unspecified atom stereocenters. The molecular formula is C49H50O4S. The molecule has 1 saturated heterocycles. The van der Waals surface area contributed by atoms with Gasteiger partial charge in [0.2, 0.25) is 0 Å². The zero-order valence-corrected chi connectivity index (χ0v) is 31.9. The van der Waals surface area contributed by atoms with E-state index in [0.717, 1.165) is 35.1 Å². The van der Waals surface area contributed by atoms with Crippen LogP contribution in [0.1, 0.15) is 56.7 Å². The van der Waals surface area contributed by atoms with Crippen molar-refractivity contribution in [2.24, 2.45) is 0 Å². The lowest BCUT2D eigenvalue weighted by molar-refractivity contribution is -0.160. The second kappa shape index (κ2) is 19.7. The minimum Gasteiger partial charge on any atom is -0.376 e. The number of hydrogen-bond donors (Lipinski definition) is 0. The highest BCUT2D eigenvalue weighted by atomic mass is 32.2. The van der Waals surface area contributed by atoms with Gasteiger partial charge >= 0.3 is 0 Å². The van der Waals surface area contributed by atoms with E-state index in [4.69, 9.17) is 18.9 Å². The highest BCUT2D eigenvalue weighted by Gasteiger charge is 2.48. The van der Waals surface area contributed by atoms with Gasteiger partial charge in [0.05, 0.1) is 43.5 Å². The smallest absolute Gasteiger partial charge is 0.113 e. The molecule has 0 aliphatic carbocycles. The molecule has 0 amide bonds. The summed E-state index contributed by atoms with van der Waals surface area (Å²) in [4.78, 5) is 0. The van der Waals surface area contributed by atoms with E-state index >= 15 is 0 Å². The van der Waals surface area contributed by atoms with E-state index in [1.54, 1.807) is 0 Å². The minimum absolute atomic E-state index is 0.0231. The van der Waals surface area contributed by atoms with Gasteiger partial charge in [0, 0.05) is 0 Å². The number of benzene rings is 6. The summed E-state index contributed by atoms with van der Waals surface area (Å²) in [7, 11) is 0. The molecule has 5 atom stereocenters. The van der Waals surface area contributed by atoms with E-state index in [1.807, 2.05) is 36.0 Å². The molecule has 1 heterocycles. The molecule has 6 aromatic carbocycles. The Morgan fingerprint density at radius 1 is 0.426 bits per heavy atom. The molecule has 5 heteroatoms. The Kier molecular flexibility index (Phi) is 13.8. The van der Waals surface area contributed by atoms with Crippen LogP contribution < -0.4 is 0 Å². The van der Waals surface area contributed by atoms with E-state index in [-0.39, 0.29) is 28.8 Å². The summed E-state index contributed by atoms with van der Waals surface area (Å²) >= 11 is 1.90. The van der Waals surface area contributed by atoms with Gasteiger partial charge in [-0.05, 0) is 57.3 Å². The lowest BCUT2D eigenvalue weighted by Gasteiger charge is -2.46. The molecular weight excluding hydrogens is 685 g/mol. The zero-order chi connectivity index (χ0) is 36.8. The zero-order valence-electron chi connectivity index (χ0n) is 31.0. The first-order valence-corrected chi connectivity index (χ1v) is 20.1. The van der Waals surface area contributed by atoms with Crippen LogP contribution in [0.5, 0.6) is 0 Å². The maximum Gasteiger partial charge on any atom is 0.113 e. The topological polar surface area (TPSA) is 36.9 Å². The third-order valence-corrected chi connectivity index (χ3v) is 11.6. The largest absolute Gasteiger partial charge is 0.376 e. The fraction of sp³-hybridized carbons (Fsp3) is 0.265. The molecule has 7 rings (SSSR count). The van der Waals surface area contributed by atoms with Gasteiger partial charge in [-0.25, -0.2) is 0 Å². The molecule has 6 aromatic rings. The Bertz CT molecular complexity index is 1950. The van der Waals surface area contributed by atoms with Crippen LogP contribution in [0.25, 0.3) is 0 Å². The van der Waals surface area contributed by atoms with Crippen LogP contribution in [0.2, 0.25) is 0 Å². The summed E-state index contributed by atoms with van der Waals surface area (Å²) in [6, 6.07) is 59.7. The summed E-state index contributed by atoms with van der Waals surface area (Å²) in [6.45, 7) is 4.63. The van der Waals surface area contributed by atoms with E-state index < -0.39 is 0 Å². The first kappa shape index (κ1) is 37.8. The van der Waals surface area contributed by atoms with Gasteiger partial charge in [-0.15, -0.1) is 11.8 Å². The quantitative estimate of drug-likeness (QED) is 0.0933. The lowest BCUT2D eigenvalue weighted by atomic mass is 9.94. The number of rotatable bonds is 17. The van der Waals surface area contributed by atoms with Crippen LogP contribution in [-0.2, 0) is 58.2 Å². The summed E-state index contributed by atoms with van der Waals surface area (Å²) in [5, 5.41) is -0.0520. The van der Waals surface area contributed by atoms with Gasteiger partial charge < -0.3 is 18.9 Å². The van der Waals surface area contributed by atoms with Gasteiger partial charge in [-0.3, -0.25) is 0 Å². The molecule has 0 aromatic heterocycles. The normalized spacial score (nSPS) is 19.8. The summed E-state index contributed by atoms with van der Waals surface area (Å²) < 4.78 is 27.6. The molecule has 0 saturated carbocycles. The second-order valence-corrected chi connectivity index (χ2v) is 15.4. The van der Waals surface area contributed by atoms with Crippen LogP contribution >= 0.6 is 11.8 Å². The van der Waals surface area contributed by atoms with Crippen LogP contribution in [0.4, 0.5) is 0 Å². The fourth-order valence-electron chi connectivity index (χ4n) is 7.07. The van der Waals surface area contributed by atoms with Crippen LogP contribution in [0.3, 0.4) is 0 Å². The van der Waals surface area contributed by atoms with Gasteiger partial charge in [-0.1, -0.05) is 177 Å². The van der Waals surface area contributed by atoms with Crippen molar-refractivity contribution < 1.29 is 18.9 Å². The first-order chi connectivity index (χ1) is 26.7. The van der Waals surface area contributed by atoms with Crippen molar-refractivity contribution in [2.75, 3.05) is 6.61 Å². The van der Waals surface area contributed by atoms with Crippen molar-refractivity contribution in [1.29, 1.82) is 0 Å². The Labute approximate surface area is 325 Å². The van der Waals surface area contributed by atoms with Gasteiger partial charge in [0.25, 0.3) is 0 Å². The van der Waals surface area contributed by atoms with Gasteiger partial charge in [-0.2, -0.15) is 0 Å². The van der Waals surface area contributed by atoms with E-state index in [2.05, 4.69) is 153 Å². The summed E-state index contributed by atoms with van der Waals surface area (Å²) in [5.41, 5.74) is 9.68. The Hall–Kier alpha value is -4.49. The highest BCUT2D eigenvalue weighted by Crippen LogP contribution is 2.47. The molecule has 276 valence electrons. The van der Waals surface area contributed by atoms with Crippen LogP contribution in [0, 0.1) is 0 Å². The van der Waals surface area contributed by atoms with Crippen LogP contribution in [-0.4, -0.2) is 30.2 Å². The predicted octanol–water partition coefficient (Wildman–Crippen LogP) is 11.0. The van der Waals surface area contributed by atoms with Crippen molar-refractivity contribution in [1.82, 2.24) is 0 Å². The number of hydrogen-bond acceptors (Lipinski definition) is 5. The molecule has 1 fully saturated rings. The van der Waals surface area contributed by atoms with Crippen molar-refractivity contribution in [3.8, 4) is 0 Å². The molecule has 0 radical (unpaired) electrons. The molecule has 0 bridgehead atoms. The minimum atomic E-state index is -0.376. The molecule has 4 nitrogen and oxygen atoms in total. The Morgan fingerprint density at radius 2 is 0.889 bits per heavy atom. The average molecular weight is 735 g/mol. The van der Waals surface area contributed by atoms with Crippen molar-refractivity contribution >= 4 is 11.8 Å². The number of ether oxygens (including phenoxy) is 4. The summed E-state index contributed by atoms with van der Waals surface area (Å²) in [5.74, 6) is 0. The third kappa shape index (κ3) is 10.6. The lowest BCUT2D eigenvalue weighted by Crippen LogP contribution is -2.54. The predicted molar refractivity (Wildman–Crippen MR) is 220 cm³/mol. The maximum atomic E-state index is 7.06. The highest BCUT2D eigenvalue weighted by molar-refractivity contribution is 8.00. The maximum absolute atomic E-state index is 7.06. The van der Waals surface area contributed by atoms with Crippen molar-refractivity contribution in [3.05, 3.63) is 214 Å². The third-order valence-electron chi connectivity index (χ3n) is 10.0. The standard InChI is InChI=1S/C49H50O4S/c1-2-37-26-28-38(29-27-37)30-43-24-15-25-44(31-43)49-48(53-35-42-22-13-6-14-23-42)47(52-34-41-20-11-5-12-21-41)46(51-33-40-18-9-4-10-19-40)45(54-49)36-50-32-39-16-7-3-8-17-39/h3-29,31,45-49H,2,30,32-36H2,1H3/t45-,46-,47+,48-,49+/m1/s1. The van der Waals surface area contributed by atoms with E-state index in [1.165, 1.54) is 22.3 Å². The number of thioether (sulfide) groups is 1. The number of aryl methyl sites for hydroxylation is 1. The molecule has 0 N–H and O–H groups in total. The van der Waals surface area contributed by atoms with Crippen molar-refractivity contribution in [3.63, 3.8) is 0 Å². The first-order valence-electron chi connectivity index (χ1n) is 19.1. The van der Waals surface area contributed by atoms with E-state index in [9.17, 15) is 0 Å².